The Hall–Kier alpha value is -2.05. The van der Waals surface area contributed by atoms with Crippen LogP contribution < -0.4 is 4.74 Å². The Morgan fingerprint density at radius 2 is 2.14 bits per heavy atom. The van der Waals surface area contributed by atoms with E-state index in [2.05, 4.69) is 6.58 Å². The summed E-state index contributed by atoms with van der Waals surface area (Å²) in [5.74, 6) is 0.721. The minimum atomic E-state index is -0.966. The molecular formula is C15H19NO5. The molecule has 21 heavy (non-hydrogen) atoms. The zero-order valence-corrected chi connectivity index (χ0v) is 11.8. The molecule has 2 N–H and O–H groups in total. The van der Waals surface area contributed by atoms with E-state index in [-0.39, 0.29) is 13.2 Å². The number of aliphatic hydroxyl groups is 2. The molecule has 6 nitrogen and oxygen atoms in total. The van der Waals surface area contributed by atoms with Crippen LogP contribution >= 0.6 is 0 Å². The molecular weight excluding hydrogens is 274 g/mol. The number of ether oxygens (including phenoxy) is 2. The Morgan fingerprint density at radius 1 is 1.48 bits per heavy atom. The molecule has 1 saturated heterocycles. The fraction of sp³-hybridized carbons (Fsp3) is 0.400. The summed E-state index contributed by atoms with van der Waals surface area (Å²) in [6.07, 6.45) is -0.956. The van der Waals surface area contributed by atoms with Gasteiger partial charge in [0.25, 0.3) is 0 Å². The van der Waals surface area contributed by atoms with Crippen molar-refractivity contribution < 1.29 is 24.5 Å². The largest absolute Gasteiger partial charge is 0.497 e. The third-order valence-electron chi connectivity index (χ3n) is 3.51. The van der Waals surface area contributed by atoms with Crippen molar-refractivity contribution in [3.8, 4) is 5.75 Å². The predicted molar refractivity (Wildman–Crippen MR) is 75.9 cm³/mol. The highest BCUT2D eigenvalue weighted by atomic mass is 16.6. The van der Waals surface area contributed by atoms with Crippen LogP contribution in [-0.2, 0) is 11.3 Å². The van der Waals surface area contributed by atoms with Crippen LogP contribution in [0.3, 0.4) is 0 Å². The molecule has 1 fully saturated rings. The molecule has 1 heterocycles. The van der Waals surface area contributed by atoms with Gasteiger partial charge in [0, 0.05) is 6.54 Å². The first-order valence-corrected chi connectivity index (χ1v) is 6.62. The Bertz CT molecular complexity index is 501. The van der Waals surface area contributed by atoms with Crippen LogP contribution in [0.2, 0.25) is 0 Å². The van der Waals surface area contributed by atoms with Crippen LogP contribution in [0.5, 0.6) is 5.75 Å². The summed E-state index contributed by atoms with van der Waals surface area (Å²) in [5, 5.41) is 19.3. The standard InChI is InChI=1S/C15H19NO5/c1-3-12(18)14-13(9-17)21-15(19)16(14)8-10-4-6-11(20-2)7-5-10/h3-7,12-14,17-18H,1,8-9H2,2H3/t12-,13+,14-/m0/s1. The molecule has 0 bridgehead atoms. The van der Waals surface area contributed by atoms with E-state index in [4.69, 9.17) is 9.47 Å². The number of hydrogen-bond donors (Lipinski definition) is 2. The first-order chi connectivity index (χ1) is 10.1. The molecule has 1 aromatic rings. The van der Waals surface area contributed by atoms with Gasteiger partial charge in [-0.3, -0.25) is 4.90 Å². The Labute approximate surface area is 123 Å². The minimum Gasteiger partial charge on any atom is -0.497 e. The van der Waals surface area contributed by atoms with E-state index in [0.29, 0.717) is 0 Å². The number of benzene rings is 1. The maximum Gasteiger partial charge on any atom is 0.410 e. The van der Waals surface area contributed by atoms with E-state index >= 15 is 0 Å². The fourth-order valence-electron chi connectivity index (χ4n) is 2.38. The summed E-state index contributed by atoms with van der Waals surface area (Å²) in [6.45, 7) is 3.45. The number of hydrogen-bond acceptors (Lipinski definition) is 5. The maximum atomic E-state index is 11.9. The SMILES string of the molecule is C=C[C@H](O)[C@H]1[C@@H](CO)OC(=O)N1Cc1ccc(OC)cc1. The number of cyclic esters (lactones) is 1. The summed E-state index contributed by atoms with van der Waals surface area (Å²) in [4.78, 5) is 13.3. The topological polar surface area (TPSA) is 79.2 Å². The Morgan fingerprint density at radius 3 is 2.67 bits per heavy atom. The summed E-state index contributed by atoms with van der Waals surface area (Å²) in [5.41, 5.74) is 0.868. The molecule has 1 aromatic carbocycles. The smallest absolute Gasteiger partial charge is 0.410 e. The van der Waals surface area contributed by atoms with E-state index < -0.39 is 24.3 Å². The molecule has 1 aliphatic heterocycles. The molecule has 0 aliphatic carbocycles. The normalized spacial score (nSPS) is 22.8. The van der Waals surface area contributed by atoms with Gasteiger partial charge in [-0.1, -0.05) is 18.2 Å². The van der Waals surface area contributed by atoms with Crippen LogP contribution in [0.4, 0.5) is 4.79 Å². The molecule has 0 aromatic heterocycles. The fourth-order valence-corrected chi connectivity index (χ4v) is 2.38. The summed E-state index contributed by atoms with van der Waals surface area (Å²) in [7, 11) is 1.58. The average Bonchev–Trinajstić information content (AvgIpc) is 2.83. The van der Waals surface area contributed by atoms with Crippen molar-refractivity contribution in [3.05, 3.63) is 42.5 Å². The summed E-state index contributed by atoms with van der Waals surface area (Å²) in [6, 6.07) is 6.59. The van der Waals surface area contributed by atoms with Crippen molar-refractivity contribution in [3.63, 3.8) is 0 Å². The van der Waals surface area contributed by atoms with Gasteiger partial charge >= 0.3 is 6.09 Å². The number of methoxy groups -OCH3 is 1. The van der Waals surface area contributed by atoms with Crippen molar-refractivity contribution in [2.45, 2.75) is 24.8 Å². The highest BCUT2D eigenvalue weighted by Gasteiger charge is 2.44. The van der Waals surface area contributed by atoms with Gasteiger partial charge in [-0.15, -0.1) is 6.58 Å². The zero-order valence-electron chi connectivity index (χ0n) is 11.8. The zero-order chi connectivity index (χ0) is 15.4. The minimum absolute atomic E-state index is 0.273. The Kier molecular flexibility index (Phi) is 4.82. The molecule has 1 amide bonds. The lowest BCUT2D eigenvalue weighted by atomic mass is 10.0. The number of aliphatic hydroxyl groups excluding tert-OH is 2. The van der Waals surface area contributed by atoms with Gasteiger partial charge in [0.15, 0.2) is 0 Å². The first kappa shape index (κ1) is 15.3. The van der Waals surface area contributed by atoms with Crippen molar-refractivity contribution >= 4 is 6.09 Å². The second-order valence-electron chi connectivity index (χ2n) is 4.80. The van der Waals surface area contributed by atoms with Gasteiger partial charge in [-0.05, 0) is 17.7 Å². The quantitative estimate of drug-likeness (QED) is 0.763. The number of nitrogens with zero attached hydrogens (tertiary/aromatic N) is 1. The van der Waals surface area contributed by atoms with E-state index in [1.54, 1.807) is 19.2 Å². The lowest BCUT2D eigenvalue weighted by Gasteiger charge is -2.26. The second kappa shape index (κ2) is 6.60. The average molecular weight is 293 g/mol. The lowest BCUT2D eigenvalue weighted by molar-refractivity contribution is 0.0464. The van der Waals surface area contributed by atoms with E-state index in [0.717, 1.165) is 11.3 Å². The van der Waals surface area contributed by atoms with E-state index in [9.17, 15) is 15.0 Å². The van der Waals surface area contributed by atoms with Gasteiger partial charge in [-0.25, -0.2) is 4.79 Å². The van der Waals surface area contributed by atoms with Crippen molar-refractivity contribution in [2.24, 2.45) is 0 Å². The Balaban J connectivity index is 2.18. The van der Waals surface area contributed by atoms with Crippen LogP contribution in [0, 0.1) is 0 Å². The van der Waals surface area contributed by atoms with Gasteiger partial charge in [0.05, 0.1) is 19.8 Å². The number of amides is 1. The molecule has 0 unspecified atom stereocenters. The highest BCUT2D eigenvalue weighted by molar-refractivity contribution is 5.71. The second-order valence-corrected chi connectivity index (χ2v) is 4.80. The monoisotopic (exact) mass is 293 g/mol. The van der Waals surface area contributed by atoms with E-state index in [1.165, 1.54) is 11.0 Å². The maximum absolute atomic E-state index is 11.9. The third-order valence-corrected chi connectivity index (χ3v) is 3.51. The molecule has 6 heteroatoms. The van der Waals surface area contributed by atoms with Gasteiger partial charge in [-0.2, -0.15) is 0 Å². The molecule has 1 aliphatic rings. The first-order valence-electron chi connectivity index (χ1n) is 6.62. The third kappa shape index (κ3) is 3.17. The van der Waals surface area contributed by atoms with Gasteiger partial charge in [0.1, 0.15) is 17.9 Å². The lowest BCUT2D eigenvalue weighted by Crippen LogP contribution is -2.45. The molecule has 0 spiro atoms. The van der Waals surface area contributed by atoms with Crippen molar-refractivity contribution in [2.75, 3.05) is 13.7 Å². The van der Waals surface area contributed by atoms with Gasteiger partial charge in [0.2, 0.25) is 0 Å². The molecule has 0 saturated carbocycles. The molecule has 0 radical (unpaired) electrons. The molecule has 3 atom stereocenters. The van der Waals surface area contributed by atoms with Crippen molar-refractivity contribution in [1.29, 1.82) is 0 Å². The number of carbonyl (C=O) groups is 1. The van der Waals surface area contributed by atoms with Crippen LogP contribution in [-0.4, -0.2) is 53.2 Å². The van der Waals surface area contributed by atoms with Crippen LogP contribution in [0.1, 0.15) is 5.56 Å². The van der Waals surface area contributed by atoms with Crippen molar-refractivity contribution in [1.82, 2.24) is 4.90 Å². The highest BCUT2D eigenvalue weighted by Crippen LogP contribution is 2.25. The number of rotatable bonds is 6. The number of carbonyl (C=O) groups excluding carboxylic acids is 1. The molecule has 2 rings (SSSR count). The van der Waals surface area contributed by atoms with E-state index in [1.807, 2.05) is 12.1 Å². The predicted octanol–water partition coefficient (Wildman–Crippen LogP) is 0.924. The van der Waals surface area contributed by atoms with Crippen LogP contribution in [0.15, 0.2) is 36.9 Å². The summed E-state index contributed by atoms with van der Waals surface area (Å²) >= 11 is 0. The van der Waals surface area contributed by atoms with Crippen LogP contribution in [0.25, 0.3) is 0 Å². The summed E-state index contributed by atoms with van der Waals surface area (Å²) < 4.78 is 10.2. The molecule has 114 valence electrons. The van der Waals surface area contributed by atoms with Gasteiger partial charge < -0.3 is 19.7 Å².